The summed E-state index contributed by atoms with van der Waals surface area (Å²) in [5.41, 5.74) is 2.84. The van der Waals surface area contributed by atoms with E-state index < -0.39 is 0 Å². The van der Waals surface area contributed by atoms with E-state index in [1.165, 1.54) is 23.3 Å². The minimum absolute atomic E-state index is 0.272. The van der Waals surface area contributed by atoms with Crippen molar-refractivity contribution in [3.05, 3.63) is 59.6 Å². The first-order valence-electron chi connectivity index (χ1n) is 8.26. The number of carbonyl (C=O) groups excluding carboxylic acids is 1. The number of thiazole rings is 1. The highest BCUT2D eigenvalue weighted by atomic mass is 32.2. The molecular weight excluding hydrogens is 364 g/mol. The molecule has 0 aliphatic heterocycles. The lowest BCUT2D eigenvalue weighted by atomic mass is 10.2. The molecule has 0 bridgehead atoms. The molecule has 0 saturated carbocycles. The largest absolute Gasteiger partial charge is 0.385 e. The molecule has 3 rings (SSSR count). The highest BCUT2D eigenvalue weighted by Crippen LogP contribution is 2.32. The molecule has 0 radical (unpaired) electrons. The predicted octanol–water partition coefficient (Wildman–Crippen LogP) is 5.38. The van der Waals surface area contributed by atoms with Gasteiger partial charge in [-0.1, -0.05) is 30.3 Å². The van der Waals surface area contributed by atoms with Gasteiger partial charge in [-0.25, -0.2) is 9.78 Å². The Kier molecular flexibility index (Phi) is 6.14. The van der Waals surface area contributed by atoms with Gasteiger partial charge in [-0.15, -0.1) is 11.3 Å². The van der Waals surface area contributed by atoms with E-state index in [1.54, 1.807) is 0 Å². The van der Waals surface area contributed by atoms with E-state index in [2.05, 4.69) is 27.3 Å². The maximum Gasteiger partial charge on any atom is 0.330 e. The third-order valence-electron chi connectivity index (χ3n) is 3.51. The number of benzene rings is 2. The number of anilines is 2. The van der Waals surface area contributed by atoms with Crippen molar-refractivity contribution in [2.75, 3.05) is 17.2 Å². The van der Waals surface area contributed by atoms with Gasteiger partial charge in [0.1, 0.15) is 10.7 Å². The second-order valence-corrected chi connectivity index (χ2v) is 7.57. The third kappa shape index (κ3) is 4.77. The van der Waals surface area contributed by atoms with Gasteiger partial charge in [-0.05, 0) is 50.1 Å². The number of aryl methyl sites for hydroxylation is 1. The van der Waals surface area contributed by atoms with Crippen LogP contribution in [0.3, 0.4) is 0 Å². The summed E-state index contributed by atoms with van der Waals surface area (Å²) in [6.07, 6.45) is 0. The average molecular weight is 385 g/mol. The zero-order valence-electron chi connectivity index (χ0n) is 14.6. The van der Waals surface area contributed by atoms with Crippen molar-refractivity contribution >= 4 is 40.0 Å². The molecule has 3 aromatic rings. The molecule has 2 amide bonds. The topological polar surface area (TPSA) is 66.0 Å². The third-order valence-corrected chi connectivity index (χ3v) is 5.19. The lowest BCUT2D eigenvalue weighted by molar-refractivity contribution is 0.257. The summed E-state index contributed by atoms with van der Waals surface area (Å²) in [5, 5.41) is 7.80. The number of urea groups is 1. The zero-order chi connectivity index (χ0) is 18.4. The first-order chi connectivity index (χ1) is 12.7. The number of carbonyl (C=O) groups is 1. The Labute approximate surface area is 161 Å². The molecule has 134 valence electrons. The fourth-order valence-electron chi connectivity index (χ4n) is 2.38. The smallest absolute Gasteiger partial charge is 0.330 e. The van der Waals surface area contributed by atoms with E-state index >= 15 is 0 Å². The van der Waals surface area contributed by atoms with Gasteiger partial charge in [0.2, 0.25) is 0 Å². The zero-order valence-corrected chi connectivity index (χ0v) is 16.2. The molecule has 0 spiro atoms. The van der Waals surface area contributed by atoms with E-state index in [9.17, 15) is 4.79 Å². The van der Waals surface area contributed by atoms with Gasteiger partial charge in [0.05, 0.1) is 5.01 Å². The lowest BCUT2D eigenvalue weighted by Gasteiger charge is -2.08. The van der Waals surface area contributed by atoms with E-state index in [1.807, 2.05) is 61.5 Å². The minimum atomic E-state index is -0.272. The fourth-order valence-corrected chi connectivity index (χ4v) is 3.75. The van der Waals surface area contributed by atoms with Gasteiger partial charge in [-0.2, -0.15) is 0 Å². The molecule has 0 aliphatic carbocycles. The normalized spacial score (nSPS) is 10.4. The molecule has 0 atom stereocenters. The molecular formula is C19H20N4OS2. The van der Waals surface area contributed by atoms with Crippen LogP contribution in [0.25, 0.3) is 11.3 Å². The Hall–Kier alpha value is -2.51. The van der Waals surface area contributed by atoms with Gasteiger partial charge in [-0.3, -0.25) is 10.0 Å². The van der Waals surface area contributed by atoms with E-state index in [0.29, 0.717) is 0 Å². The van der Waals surface area contributed by atoms with E-state index in [0.717, 1.165) is 38.4 Å². The molecule has 0 unspecified atom stereocenters. The van der Waals surface area contributed by atoms with Crippen LogP contribution in [0, 0.1) is 6.92 Å². The van der Waals surface area contributed by atoms with Crippen molar-refractivity contribution in [3.63, 3.8) is 0 Å². The number of hydrogen-bond donors (Lipinski definition) is 3. The first-order valence-corrected chi connectivity index (χ1v) is 9.89. The Bertz CT molecular complexity index is 863. The first kappa shape index (κ1) is 18.3. The predicted molar refractivity (Wildman–Crippen MR) is 111 cm³/mol. The van der Waals surface area contributed by atoms with Crippen molar-refractivity contribution < 1.29 is 4.79 Å². The van der Waals surface area contributed by atoms with Gasteiger partial charge < -0.3 is 5.32 Å². The fraction of sp³-hybridized carbons (Fsp3) is 0.158. The summed E-state index contributed by atoms with van der Waals surface area (Å²) in [7, 11) is 0. The second-order valence-electron chi connectivity index (χ2n) is 5.49. The van der Waals surface area contributed by atoms with Crippen LogP contribution in [-0.2, 0) is 0 Å². The van der Waals surface area contributed by atoms with Crippen LogP contribution in [0.4, 0.5) is 15.5 Å². The van der Waals surface area contributed by atoms with E-state index in [-0.39, 0.29) is 6.03 Å². The van der Waals surface area contributed by atoms with Crippen molar-refractivity contribution in [2.45, 2.75) is 18.7 Å². The molecule has 0 aliphatic rings. The molecule has 3 N–H and O–H groups in total. The summed E-state index contributed by atoms with van der Waals surface area (Å²) in [4.78, 5) is 17.8. The van der Waals surface area contributed by atoms with Crippen molar-refractivity contribution in [1.82, 2.24) is 9.71 Å². The number of aromatic nitrogens is 1. The highest BCUT2D eigenvalue weighted by molar-refractivity contribution is 7.98. The summed E-state index contributed by atoms with van der Waals surface area (Å²) < 4.78 is 2.81. The number of nitrogens with zero attached hydrogens (tertiary/aromatic N) is 1. The van der Waals surface area contributed by atoms with Gasteiger partial charge >= 0.3 is 6.03 Å². The van der Waals surface area contributed by atoms with Crippen molar-refractivity contribution in [1.29, 1.82) is 0 Å². The highest BCUT2D eigenvalue weighted by Gasteiger charge is 2.13. The van der Waals surface area contributed by atoms with Crippen LogP contribution in [-0.4, -0.2) is 17.6 Å². The van der Waals surface area contributed by atoms with Crippen LogP contribution >= 0.6 is 23.3 Å². The second kappa shape index (κ2) is 8.73. The molecule has 0 saturated heterocycles. The Morgan fingerprint density at radius 3 is 2.54 bits per heavy atom. The van der Waals surface area contributed by atoms with Crippen molar-refractivity contribution in [2.24, 2.45) is 0 Å². The minimum Gasteiger partial charge on any atom is -0.385 e. The number of amides is 2. The molecule has 1 aromatic heterocycles. The van der Waals surface area contributed by atoms with Crippen molar-refractivity contribution in [3.8, 4) is 11.3 Å². The number of nitrogens with one attached hydrogen (secondary N) is 3. The van der Waals surface area contributed by atoms with Crippen LogP contribution in [0.2, 0.25) is 0 Å². The summed E-state index contributed by atoms with van der Waals surface area (Å²) in [6.45, 7) is 4.87. The maximum atomic E-state index is 12.3. The van der Waals surface area contributed by atoms with Gasteiger partial charge in [0, 0.05) is 22.7 Å². The average Bonchev–Trinajstić information content (AvgIpc) is 3.02. The summed E-state index contributed by atoms with van der Waals surface area (Å²) in [5.74, 6) is 0. The van der Waals surface area contributed by atoms with Crippen LogP contribution in [0.15, 0.2) is 59.5 Å². The van der Waals surface area contributed by atoms with Crippen LogP contribution in [0.5, 0.6) is 0 Å². The molecule has 7 heteroatoms. The maximum absolute atomic E-state index is 12.3. The Morgan fingerprint density at radius 2 is 1.85 bits per heavy atom. The molecule has 26 heavy (non-hydrogen) atoms. The molecule has 5 nitrogen and oxygen atoms in total. The van der Waals surface area contributed by atoms with Gasteiger partial charge in [0.15, 0.2) is 0 Å². The number of hydrogen-bond acceptors (Lipinski definition) is 5. The Balaban J connectivity index is 1.62. The Morgan fingerprint density at radius 1 is 1.12 bits per heavy atom. The number of rotatable bonds is 6. The summed E-state index contributed by atoms with van der Waals surface area (Å²) in [6, 6.07) is 17.5. The summed E-state index contributed by atoms with van der Waals surface area (Å²) >= 11 is 2.74. The van der Waals surface area contributed by atoms with Crippen LogP contribution < -0.4 is 15.4 Å². The van der Waals surface area contributed by atoms with Crippen LogP contribution in [0.1, 0.15) is 11.9 Å². The lowest BCUT2D eigenvalue weighted by Crippen LogP contribution is -2.22. The molecule has 0 fully saturated rings. The molecule has 1 heterocycles. The monoisotopic (exact) mass is 384 g/mol. The molecule has 2 aromatic carbocycles. The van der Waals surface area contributed by atoms with E-state index in [4.69, 9.17) is 0 Å². The SMILES string of the molecule is CCNc1ccc(SNC(=O)Nc2sc(C)nc2-c2ccccc2)cc1. The van der Waals surface area contributed by atoms with Gasteiger partial charge in [0.25, 0.3) is 0 Å². The quantitative estimate of drug-likeness (QED) is 0.499. The standard InChI is InChI=1S/C19H20N4OS2/c1-3-20-15-9-11-16(12-10-15)26-23-19(24)22-18-17(21-13(2)25-18)14-7-5-4-6-8-14/h4-12,20H,3H2,1-2H3,(H2,22,23,24).